The smallest absolute Gasteiger partial charge is 0.255 e. The molecule has 0 aromatic heterocycles. The molecule has 3 nitrogen and oxygen atoms in total. The van der Waals surface area contributed by atoms with E-state index in [9.17, 15) is 9.18 Å². The van der Waals surface area contributed by atoms with Crippen LogP contribution >= 0.6 is 0 Å². The number of hydrogen-bond acceptors (Lipinski definition) is 2. The first kappa shape index (κ1) is 13.1. The molecule has 0 fully saturated rings. The van der Waals surface area contributed by atoms with Gasteiger partial charge in [0.05, 0.1) is 12.8 Å². The molecule has 0 bridgehead atoms. The first-order valence-electron chi connectivity index (χ1n) is 5.82. The van der Waals surface area contributed by atoms with Gasteiger partial charge in [-0.15, -0.1) is 0 Å². The number of anilines is 1. The Balaban J connectivity index is 2.21. The number of benzene rings is 2. The number of methoxy groups -OCH3 is 1. The van der Waals surface area contributed by atoms with E-state index in [1.807, 2.05) is 6.92 Å². The number of para-hydroxylation sites is 1. The van der Waals surface area contributed by atoms with Crippen molar-refractivity contribution in [1.82, 2.24) is 0 Å². The third kappa shape index (κ3) is 2.91. The fraction of sp³-hybridized carbons (Fsp3) is 0.133. The van der Waals surface area contributed by atoms with Gasteiger partial charge in [0.2, 0.25) is 0 Å². The van der Waals surface area contributed by atoms with E-state index < -0.39 is 5.82 Å². The van der Waals surface area contributed by atoms with Gasteiger partial charge < -0.3 is 10.1 Å². The van der Waals surface area contributed by atoms with Gasteiger partial charge in [-0.05, 0) is 42.8 Å². The molecule has 0 spiro atoms. The van der Waals surface area contributed by atoms with E-state index in [-0.39, 0.29) is 11.6 Å². The summed E-state index contributed by atoms with van der Waals surface area (Å²) in [6.07, 6.45) is 0. The number of rotatable bonds is 3. The van der Waals surface area contributed by atoms with Crippen LogP contribution in [-0.4, -0.2) is 13.0 Å². The lowest BCUT2D eigenvalue weighted by Crippen LogP contribution is -2.13. The van der Waals surface area contributed by atoms with Crippen molar-refractivity contribution in [2.24, 2.45) is 0 Å². The minimum Gasteiger partial charge on any atom is -0.496 e. The summed E-state index contributed by atoms with van der Waals surface area (Å²) in [5.41, 5.74) is 1.48. The fourth-order valence-electron chi connectivity index (χ4n) is 1.78. The molecule has 0 radical (unpaired) electrons. The number of aryl methyl sites for hydroxylation is 1. The number of amides is 1. The van der Waals surface area contributed by atoms with E-state index in [4.69, 9.17) is 4.74 Å². The molecule has 0 aliphatic carbocycles. The van der Waals surface area contributed by atoms with Crippen LogP contribution in [-0.2, 0) is 0 Å². The van der Waals surface area contributed by atoms with Gasteiger partial charge in [-0.2, -0.15) is 0 Å². The number of ether oxygens (including phenoxy) is 1. The van der Waals surface area contributed by atoms with Crippen LogP contribution in [0.25, 0.3) is 0 Å². The summed E-state index contributed by atoms with van der Waals surface area (Å²) < 4.78 is 18.6. The fourth-order valence-corrected chi connectivity index (χ4v) is 1.78. The molecule has 2 aromatic carbocycles. The third-order valence-corrected chi connectivity index (χ3v) is 2.78. The van der Waals surface area contributed by atoms with Crippen molar-refractivity contribution >= 4 is 11.6 Å². The first-order valence-corrected chi connectivity index (χ1v) is 5.82. The van der Waals surface area contributed by atoms with Gasteiger partial charge in [-0.25, -0.2) is 4.39 Å². The largest absolute Gasteiger partial charge is 0.496 e. The van der Waals surface area contributed by atoms with Crippen LogP contribution in [0, 0.1) is 12.7 Å². The van der Waals surface area contributed by atoms with Gasteiger partial charge in [0.15, 0.2) is 0 Å². The molecule has 98 valence electrons. The van der Waals surface area contributed by atoms with Crippen LogP contribution in [0.4, 0.5) is 10.1 Å². The maximum atomic E-state index is 13.4. The molecule has 0 atom stereocenters. The predicted molar refractivity (Wildman–Crippen MR) is 72.1 cm³/mol. The zero-order valence-electron chi connectivity index (χ0n) is 10.7. The Morgan fingerprint density at radius 3 is 2.58 bits per heavy atom. The molecule has 0 heterocycles. The van der Waals surface area contributed by atoms with Gasteiger partial charge in [-0.1, -0.05) is 12.1 Å². The lowest BCUT2D eigenvalue weighted by atomic mass is 10.1. The van der Waals surface area contributed by atoms with Crippen LogP contribution in [0.3, 0.4) is 0 Å². The topological polar surface area (TPSA) is 38.3 Å². The summed E-state index contributed by atoms with van der Waals surface area (Å²) in [7, 11) is 1.57. The molecular formula is C15H14FNO2. The number of halogens is 1. The third-order valence-electron chi connectivity index (χ3n) is 2.78. The van der Waals surface area contributed by atoms with Crippen LogP contribution < -0.4 is 10.1 Å². The molecule has 1 N–H and O–H groups in total. The number of carbonyl (C=O) groups is 1. The van der Waals surface area contributed by atoms with Gasteiger partial charge in [0.25, 0.3) is 5.91 Å². The Kier molecular flexibility index (Phi) is 3.80. The Labute approximate surface area is 111 Å². The van der Waals surface area contributed by atoms with E-state index >= 15 is 0 Å². The van der Waals surface area contributed by atoms with Crippen LogP contribution in [0.2, 0.25) is 0 Å². The number of nitrogens with one attached hydrogen (secondary N) is 1. The molecule has 0 unspecified atom stereocenters. The van der Waals surface area contributed by atoms with Crippen molar-refractivity contribution in [2.75, 3.05) is 12.4 Å². The SMILES string of the molecule is COc1ccc(C(=O)Nc2ccccc2F)cc1C. The van der Waals surface area contributed by atoms with Gasteiger partial charge >= 0.3 is 0 Å². The highest BCUT2D eigenvalue weighted by atomic mass is 19.1. The van der Waals surface area contributed by atoms with E-state index in [0.717, 1.165) is 5.56 Å². The normalized spacial score (nSPS) is 10.1. The molecule has 2 aromatic rings. The molecule has 0 aliphatic rings. The lowest BCUT2D eigenvalue weighted by molar-refractivity contribution is 0.102. The standard InChI is InChI=1S/C15H14FNO2/c1-10-9-11(7-8-14(10)19-2)15(18)17-13-6-4-3-5-12(13)16/h3-9H,1-2H3,(H,17,18). The Morgan fingerprint density at radius 1 is 1.21 bits per heavy atom. The van der Waals surface area contributed by atoms with Crippen molar-refractivity contribution in [1.29, 1.82) is 0 Å². The highest BCUT2D eigenvalue weighted by molar-refractivity contribution is 6.04. The predicted octanol–water partition coefficient (Wildman–Crippen LogP) is 3.40. The molecular weight excluding hydrogens is 245 g/mol. The second kappa shape index (κ2) is 5.52. The molecule has 0 aliphatic heterocycles. The lowest BCUT2D eigenvalue weighted by Gasteiger charge is -2.09. The van der Waals surface area contributed by atoms with E-state index in [1.54, 1.807) is 37.4 Å². The van der Waals surface area contributed by atoms with Gasteiger partial charge in [0.1, 0.15) is 11.6 Å². The molecule has 2 rings (SSSR count). The molecule has 4 heteroatoms. The summed E-state index contributed by atoms with van der Waals surface area (Å²) in [6.45, 7) is 1.85. The Hall–Kier alpha value is -2.36. The quantitative estimate of drug-likeness (QED) is 0.917. The zero-order valence-corrected chi connectivity index (χ0v) is 10.7. The van der Waals surface area contributed by atoms with Gasteiger partial charge in [-0.3, -0.25) is 4.79 Å². The maximum absolute atomic E-state index is 13.4. The van der Waals surface area contributed by atoms with Crippen molar-refractivity contribution in [3.63, 3.8) is 0 Å². The summed E-state index contributed by atoms with van der Waals surface area (Å²) in [5, 5.41) is 2.54. The molecule has 1 amide bonds. The van der Waals surface area contributed by atoms with E-state index in [0.29, 0.717) is 11.3 Å². The molecule has 0 saturated carbocycles. The minimum absolute atomic E-state index is 0.168. The van der Waals surface area contributed by atoms with Crippen molar-refractivity contribution in [3.8, 4) is 5.75 Å². The zero-order chi connectivity index (χ0) is 13.8. The monoisotopic (exact) mass is 259 g/mol. The average molecular weight is 259 g/mol. The van der Waals surface area contributed by atoms with Crippen molar-refractivity contribution < 1.29 is 13.9 Å². The van der Waals surface area contributed by atoms with Crippen LogP contribution in [0.5, 0.6) is 5.75 Å². The highest BCUT2D eigenvalue weighted by Gasteiger charge is 2.10. The van der Waals surface area contributed by atoms with Crippen LogP contribution in [0.15, 0.2) is 42.5 Å². The minimum atomic E-state index is -0.457. The summed E-state index contributed by atoms with van der Waals surface area (Å²) in [6, 6.07) is 11.1. The summed E-state index contributed by atoms with van der Waals surface area (Å²) >= 11 is 0. The second-order valence-corrected chi connectivity index (χ2v) is 4.12. The van der Waals surface area contributed by atoms with Crippen molar-refractivity contribution in [3.05, 3.63) is 59.4 Å². The first-order chi connectivity index (χ1) is 9.11. The Bertz CT molecular complexity index is 611. The Morgan fingerprint density at radius 2 is 1.95 bits per heavy atom. The van der Waals surface area contributed by atoms with E-state index in [1.165, 1.54) is 12.1 Å². The van der Waals surface area contributed by atoms with Crippen LogP contribution in [0.1, 0.15) is 15.9 Å². The highest BCUT2D eigenvalue weighted by Crippen LogP contribution is 2.20. The van der Waals surface area contributed by atoms with E-state index in [2.05, 4.69) is 5.32 Å². The number of carbonyl (C=O) groups excluding carboxylic acids is 1. The average Bonchev–Trinajstić information content (AvgIpc) is 2.41. The molecule has 0 saturated heterocycles. The number of hydrogen-bond donors (Lipinski definition) is 1. The van der Waals surface area contributed by atoms with Crippen molar-refractivity contribution in [2.45, 2.75) is 6.92 Å². The maximum Gasteiger partial charge on any atom is 0.255 e. The summed E-state index contributed by atoms with van der Waals surface area (Å²) in [5.74, 6) is -0.0978. The summed E-state index contributed by atoms with van der Waals surface area (Å²) in [4.78, 5) is 12.0. The molecule has 19 heavy (non-hydrogen) atoms. The van der Waals surface area contributed by atoms with Gasteiger partial charge in [0, 0.05) is 5.56 Å². The second-order valence-electron chi connectivity index (χ2n) is 4.12.